The van der Waals surface area contributed by atoms with Crippen LogP contribution in [0.1, 0.15) is 40.9 Å². The van der Waals surface area contributed by atoms with Crippen molar-refractivity contribution < 1.29 is 19.4 Å². The van der Waals surface area contributed by atoms with Gasteiger partial charge in [0, 0.05) is 11.3 Å². The van der Waals surface area contributed by atoms with Gasteiger partial charge in [0.05, 0.1) is 18.4 Å². The minimum Gasteiger partial charge on any atom is -0.495 e. The van der Waals surface area contributed by atoms with Gasteiger partial charge >= 0.3 is 5.97 Å². The number of aromatic carboxylic acids is 1. The van der Waals surface area contributed by atoms with E-state index in [1.54, 1.807) is 17.4 Å². The van der Waals surface area contributed by atoms with Crippen LogP contribution < -0.4 is 10.1 Å². The lowest BCUT2D eigenvalue weighted by molar-refractivity contribution is -0.116. The number of rotatable bonds is 9. The van der Waals surface area contributed by atoms with Crippen molar-refractivity contribution in [1.29, 1.82) is 0 Å². The lowest BCUT2D eigenvalue weighted by atomic mass is 10.1. The predicted octanol–water partition coefficient (Wildman–Crippen LogP) is 4.20. The van der Waals surface area contributed by atoms with Crippen LogP contribution in [0.4, 0.5) is 5.69 Å². The molecule has 0 fully saturated rings. The first-order valence-corrected chi connectivity index (χ1v) is 8.71. The van der Waals surface area contributed by atoms with Crippen LogP contribution in [-0.4, -0.2) is 24.1 Å². The minimum atomic E-state index is -1.03. The van der Waals surface area contributed by atoms with Gasteiger partial charge in [0.25, 0.3) is 0 Å². The van der Waals surface area contributed by atoms with Gasteiger partial charge in [0.2, 0.25) is 5.91 Å². The zero-order valence-corrected chi connectivity index (χ0v) is 14.4. The monoisotopic (exact) mass is 347 g/mol. The molecular formula is C18H21NO4S. The normalized spacial score (nSPS) is 10.4. The lowest BCUT2D eigenvalue weighted by Crippen LogP contribution is -2.12. The molecule has 0 unspecified atom stereocenters. The van der Waals surface area contributed by atoms with Gasteiger partial charge in [-0.15, -0.1) is 11.3 Å². The fourth-order valence-electron chi connectivity index (χ4n) is 2.36. The molecular weight excluding hydrogens is 326 g/mol. The first kappa shape index (κ1) is 18.0. The summed E-state index contributed by atoms with van der Waals surface area (Å²) in [5, 5.41) is 13.8. The molecule has 2 aromatic rings. The van der Waals surface area contributed by atoms with Crippen LogP contribution in [-0.2, 0) is 11.2 Å². The number of carboxylic acid groups (broad SMARTS) is 1. The van der Waals surface area contributed by atoms with Gasteiger partial charge in [-0.2, -0.15) is 0 Å². The number of ether oxygens (including phenoxy) is 1. The van der Waals surface area contributed by atoms with Crippen molar-refractivity contribution in [3.63, 3.8) is 0 Å². The first-order valence-electron chi connectivity index (χ1n) is 7.83. The standard InChI is InChI=1S/C18H21NO4S/c1-23-16-12-13(18(21)22)9-10-15(16)19-17(20)8-4-2-3-6-14-7-5-11-24-14/h5,7,9-12H,2-4,6,8H2,1H3,(H,19,20)(H,21,22). The van der Waals surface area contributed by atoms with Crippen molar-refractivity contribution in [3.05, 3.63) is 46.2 Å². The molecule has 0 aliphatic rings. The zero-order valence-electron chi connectivity index (χ0n) is 13.6. The summed E-state index contributed by atoms with van der Waals surface area (Å²) >= 11 is 1.76. The van der Waals surface area contributed by atoms with Crippen LogP contribution in [0.3, 0.4) is 0 Å². The molecule has 0 aliphatic carbocycles. The summed E-state index contributed by atoms with van der Waals surface area (Å²) in [4.78, 5) is 24.3. The van der Waals surface area contributed by atoms with Gasteiger partial charge in [-0.05, 0) is 48.9 Å². The van der Waals surface area contributed by atoms with Crippen molar-refractivity contribution in [2.45, 2.75) is 32.1 Å². The predicted molar refractivity (Wildman–Crippen MR) is 95.1 cm³/mol. The third-order valence-electron chi connectivity index (χ3n) is 3.63. The quantitative estimate of drug-likeness (QED) is 0.667. The number of hydrogen-bond donors (Lipinski definition) is 2. The molecule has 1 heterocycles. The highest BCUT2D eigenvalue weighted by molar-refractivity contribution is 7.09. The molecule has 0 bridgehead atoms. The number of methoxy groups -OCH3 is 1. The summed E-state index contributed by atoms with van der Waals surface area (Å²) in [5.74, 6) is -0.773. The fourth-order valence-corrected chi connectivity index (χ4v) is 3.11. The summed E-state index contributed by atoms with van der Waals surface area (Å²) in [5.41, 5.74) is 0.615. The van der Waals surface area contributed by atoms with Gasteiger partial charge in [0.1, 0.15) is 5.75 Å². The van der Waals surface area contributed by atoms with Crippen LogP contribution in [0.2, 0.25) is 0 Å². The molecule has 24 heavy (non-hydrogen) atoms. The first-order chi connectivity index (χ1) is 11.6. The number of carbonyl (C=O) groups is 2. The van der Waals surface area contributed by atoms with Gasteiger partial charge in [-0.25, -0.2) is 4.79 Å². The Balaban J connectivity index is 1.76. The second-order valence-corrected chi connectivity index (χ2v) is 6.44. The molecule has 128 valence electrons. The van der Waals surface area contributed by atoms with Crippen molar-refractivity contribution in [1.82, 2.24) is 0 Å². The number of thiophene rings is 1. The highest BCUT2D eigenvalue weighted by atomic mass is 32.1. The Bertz CT molecular complexity index is 682. The van der Waals surface area contributed by atoms with E-state index < -0.39 is 5.97 Å². The minimum absolute atomic E-state index is 0.0903. The second kappa shape index (κ2) is 9.08. The number of nitrogens with one attached hydrogen (secondary N) is 1. The Morgan fingerprint density at radius 1 is 1.21 bits per heavy atom. The van der Waals surface area contributed by atoms with Crippen molar-refractivity contribution in [3.8, 4) is 5.75 Å². The molecule has 1 aromatic carbocycles. The summed E-state index contributed by atoms with van der Waals surface area (Å²) in [6.45, 7) is 0. The number of anilines is 1. The van der Waals surface area contributed by atoms with E-state index in [4.69, 9.17) is 9.84 Å². The molecule has 1 aromatic heterocycles. The van der Waals surface area contributed by atoms with Crippen LogP contribution in [0.25, 0.3) is 0 Å². The topological polar surface area (TPSA) is 75.6 Å². The molecule has 6 heteroatoms. The summed E-state index contributed by atoms with van der Waals surface area (Å²) in [7, 11) is 1.45. The van der Waals surface area contributed by atoms with E-state index in [1.165, 1.54) is 24.1 Å². The van der Waals surface area contributed by atoms with Gasteiger partial charge in [-0.3, -0.25) is 4.79 Å². The SMILES string of the molecule is COc1cc(C(=O)O)ccc1NC(=O)CCCCCc1cccs1. The van der Waals surface area contributed by atoms with E-state index in [0.29, 0.717) is 17.9 Å². The second-order valence-electron chi connectivity index (χ2n) is 5.41. The Labute approximate surface area is 145 Å². The number of amides is 1. The molecule has 0 saturated carbocycles. The molecule has 2 N–H and O–H groups in total. The smallest absolute Gasteiger partial charge is 0.335 e. The van der Waals surface area contributed by atoms with E-state index in [1.807, 2.05) is 0 Å². The largest absolute Gasteiger partial charge is 0.495 e. The number of carboxylic acids is 1. The maximum atomic E-state index is 12.0. The molecule has 2 rings (SSSR count). The van der Waals surface area contributed by atoms with Crippen LogP contribution in [0.5, 0.6) is 5.75 Å². The van der Waals surface area contributed by atoms with Crippen LogP contribution >= 0.6 is 11.3 Å². The van der Waals surface area contributed by atoms with E-state index in [9.17, 15) is 9.59 Å². The van der Waals surface area contributed by atoms with E-state index in [0.717, 1.165) is 25.7 Å². The molecule has 1 amide bonds. The Morgan fingerprint density at radius 2 is 2.04 bits per heavy atom. The number of unbranched alkanes of at least 4 members (excludes halogenated alkanes) is 2. The average molecular weight is 347 g/mol. The zero-order chi connectivity index (χ0) is 17.4. The average Bonchev–Trinajstić information content (AvgIpc) is 3.08. The molecule has 0 aliphatic heterocycles. The number of carbonyl (C=O) groups excluding carboxylic acids is 1. The van der Waals surface area contributed by atoms with Crippen LogP contribution in [0, 0.1) is 0 Å². The Kier molecular flexibility index (Phi) is 6.81. The number of hydrogen-bond acceptors (Lipinski definition) is 4. The molecule has 0 atom stereocenters. The van der Waals surface area contributed by atoms with Gasteiger partial charge < -0.3 is 15.2 Å². The Hall–Kier alpha value is -2.34. The molecule has 0 spiro atoms. The van der Waals surface area contributed by atoms with E-state index in [2.05, 4.69) is 22.8 Å². The lowest BCUT2D eigenvalue weighted by Gasteiger charge is -2.11. The molecule has 0 radical (unpaired) electrons. The maximum Gasteiger partial charge on any atom is 0.335 e. The maximum absolute atomic E-state index is 12.0. The van der Waals surface area contributed by atoms with Crippen LogP contribution in [0.15, 0.2) is 35.7 Å². The summed E-state index contributed by atoms with van der Waals surface area (Å²) in [6, 6.07) is 8.58. The third kappa shape index (κ3) is 5.38. The number of aryl methyl sites for hydroxylation is 1. The van der Waals surface area contributed by atoms with E-state index >= 15 is 0 Å². The third-order valence-corrected chi connectivity index (χ3v) is 4.57. The van der Waals surface area contributed by atoms with Gasteiger partial charge in [-0.1, -0.05) is 12.5 Å². The fraction of sp³-hybridized carbons (Fsp3) is 0.333. The van der Waals surface area contributed by atoms with Crippen molar-refractivity contribution >= 4 is 28.9 Å². The molecule has 0 saturated heterocycles. The summed E-state index contributed by atoms with van der Waals surface area (Å²) in [6.07, 6.45) is 4.40. The Morgan fingerprint density at radius 3 is 2.71 bits per heavy atom. The van der Waals surface area contributed by atoms with Crippen molar-refractivity contribution in [2.75, 3.05) is 12.4 Å². The highest BCUT2D eigenvalue weighted by Gasteiger charge is 2.11. The highest BCUT2D eigenvalue weighted by Crippen LogP contribution is 2.26. The van der Waals surface area contributed by atoms with Gasteiger partial charge in [0.15, 0.2) is 0 Å². The molecule has 5 nitrogen and oxygen atoms in total. The summed E-state index contributed by atoms with van der Waals surface area (Å²) < 4.78 is 5.14. The van der Waals surface area contributed by atoms with E-state index in [-0.39, 0.29) is 11.5 Å². The van der Waals surface area contributed by atoms with Crippen molar-refractivity contribution in [2.24, 2.45) is 0 Å². The number of benzene rings is 1.